The second-order valence-corrected chi connectivity index (χ2v) is 10.5. The highest BCUT2D eigenvalue weighted by Gasteiger charge is 2.27. The maximum atomic E-state index is 13.7. The third kappa shape index (κ3) is 6.00. The van der Waals surface area contributed by atoms with Crippen molar-refractivity contribution in [1.29, 1.82) is 5.26 Å². The Morgan fingerprint density at radius 3 is 2.22 bits per heavy atom. The minimum atomic E-state index is -0.548. The van der Waals surface area contributed by atoms with Crippen molar-refractivity contribution in [2.45, 2.75) is 52.2 Å². The van der Waals surface area contributed by atoms with Crippen molar-refractivity contribution in [2.75, 3.05) is 18.0 Å². The van der Waals surface area contributed by atoms with Gasteiger partial charge in [0.1, 0.15) is 5.60 Å². The summed E-state index contributed by atoms with van der Waals surface area (Å²) in [5.74, 6) is 0.580. The van der Waals surface area contributed by atoms with Crippen LogP contribution in [0.1, 0.15) is 44.7 Å². The number of nitrogens with zero attached hydrogens (tertiary/aromatic N) is 4. The molecule has 0 bridgehead atoms. The molecule has 1 fully saturated rings. The highest BCUT2D eigenvalue weighted by molar-refractivity contribution is 5.81. The monoisotopic (exact) mass is 499 g/mol. The van der Waals surface area contributed by atoms with Crippen molar-refractivity contribution < 1.29 is 9.53 Å². The van der Waals surface area contributed by atoms with Gasteiger partial charge in [-0.3, -0.25) is 9.36 Å². The fourth-order valence-corrected chi connectivity index (χ4v) is 4.46. The van der Waals surface area contributed by atoms with Crippen LogP contribution in [0.15, 0.2) is 53.3 Å². The first kappa shape index (κ1) is 26.0. The van der Waals surface area contributed by atoms with E-state index in [0.29, 0.717) is 48.7 Å². The van der Waals surface area contributed by atoms with E-state index in [-0.39, 0.29) is 11.6 Å². The standard InChI is InChI=1S/C29H33N5O3/c1-19-6-10-21(11-7-19)24-25(22-12-8-20(18-30)9-13-22)32-27(33(5)26(24)35)34-16-14-23(15-17-34)31-28(36)37-29(2,3)4/h6-13,23H,14-17H2,1-5H3,(H,31,36). The van der Waals surface area contributed by atoms with Crippen molar-refractivity contribution >= 4 is 12.0 Å². The zero-order valence-corrected chi connectivity index (χ0v) is 22.0. The number of rotatable bonds is 4. The lowest BCUT2D eigenvalue weighted by Gasteiger charge is -2.34. The number of aryl methyl sites for hydroxylation is 1. The minimum Gasteiger partial charge on any atom is -0.444 e. The summed E-state index contributed by atoms with van der Waals surface area (Å²) in [7, 11) is 1.75. The summed E-state index contributed by atoms with van der Waals surface area (Å²) in [6, 6.07) is 17.1. The number of amides is 1. The van der Waals surface area contributed by atoms with Crippen LogP contribution in [0.5, 0.6) is 0 Å². The fourth-order valence-electron chi connectivity index (χ4n) is 4.46. The van der Waals surface area contributed by atoms with Gasteiger partial charge in [0.25, 0.3) is 5.56 Å². The molecule has 8 heteroatoms. The molecule has 37 heavy (non-hydrogen) atoms. The van der Waals surface area contributed by atoms with Crippen LogP contribution in [0.2, 0.25) is 0 Å². The molecular weight excluding hydrogens is 466 g/mol. The predicted molar refractivity (Wildman–Crippen MR) is 144 cm³/mol. The molecular formula is C29H33N5O3. The summed E-state index contributed by atoms with van der Waals surface area (Å²) in [5.41, 5.74) is 3.64. The van der Waals surface area contributed by atoms with Crippen molar-refractivity contribution in [3.8, 4) is 28.5 Å². The van der Waals surface area contributed by atoms with Crippen LogP contribution in [0.3, 0.4) is 0 Å². The number of nitriles is 1. The Kier molecular flexibility index (Phi) is 7.35. The first-order chi connectivity index (χ1) is 17.6. The van der Waals surface area contributed by atoms with E-state index in [9.17, 15) is 14.9 Å². The molecule has 1 aliphatic heterocycles. The maximum absolute atomic E-state index is 13.7. The first-order valence-electron chi connectivity index (χ1n) is 12.5. The Labute approximate surface area is 217 Å². The molecule has 0 unspecified atom stereocenters. The molecule has 0 saturated carbocycles. The van der Waals surface area contributed by atoms with Crippen LogP contribution >= 0.6 is 0 Å². The zero-order valence-electron chi connectivity index (χ0n) is 22.0. The van der Waals surface area contributed by atoms with E-state index in [2.05, 4.69) is 16.3 Å². The molecule has 4 rings (SSSR count). The first-order valence-corrected chi connectivity index (χ1v) is 12.5. The Morgan fingerprint density at radius 2 is 1.65 bits per heavy atom. The van der Waals surface area contributed by atoms with Crippen LogP contribution in [-0.4, -0.2) is 40.4 Å². The largest absolute Gasteiger partial charge is 0.444 e. The van der Waals surface area contributed by atoms with Gasteiger partial charge in [0.15, 0.2) is 0 Å². The van der Waals surface area contributed by atoms with E-state index >= 15 is 0 Å². The molecule has 3 aromatic rings. The molecule has 2 heterocycles. The summed E-state index contributed by atoms with van der Waals surface area (Å²) in [6.07, 6.45) is 1.00. The fraction of sp³-hybridized carbons (Fsp3) is 0.379. The van der Waals surface area contributed by atoms with Gasteiger partial charge in [-0.25, -0.2) is 9.78 Å². The highest BCUT2D eigenvalue weighted by atomic mass is 16.6. The molecule has 0 atom stereocenters. The second kappa shape index (κ2) is 10.5. The molecule has 1 N–H and O–H groups in total. The SMILES string of the molecule is Cc1ccc(-c2c(-c3ccc(C#N)cc3)nc(N3CCC(NC(=O)OC(C)(C)C)CC3)n(C)c2=O)cc1. The quantitative estimate of drug-likeness (QED) is 0.554. The molecule has 192 valence electrons. The Balaban J connectivity index is 1.67. The molecule has 2 aromatic carbocycles. The summed E-state index contributed by atoms with van der Waals surface area (Å²) < 4.78 is 6.99. The van der Waals surface area contributed by atoms with Crippen molar-refractivity contribution in [3.63, 3.8) is 0 Å². The van der Waals surface area contributed by atoms with Gasteiger partial charge in [0.05, 0.1) is 22.9 Å². The average molecular weight is 500 g/mol. The van der Waals surface area contributed by atoms with Gasteiger partial charge >= 0.3 is 6.09 Å². The van der Waals surface area contributed by atoms with Gasteiger partial charge in [-0.05, 0) is 58.2 Å². The molecule has 8 nitrogen and oxygen atoms in total. The number of ether oxygens (including phenoxy) is 1. The van der Waals surface area contributed by atoms with Crippen molar-refractivity contribution in [3.05, 3.63) is 70.0 Å². The molecule has 1 saturated heterocycles. The topological polar surface area (TPSA) is 100 Å². The molecule has 0 aliphatic carbocycles. The van der Waals surface area contributed by atoms with Crippen LogP contribution < -0.4 is 15.8 Å². The van der Waals surface area contributed by atoms with Crippen molar-refractivity contribution in [1.82, 2.24) is 14.9 Å². The van der Waals surface area contributed by atoms with E-state index in [1.807, 2.05) is 64.1 Å². The number of alkyl carbamates (subject to hydrolysis) is 1. The van der Waals surface area contributed by atoms with E-state index in [1.54, 1.807) is 23.7 Å². The molecule has 1 aromatic heterocycles. The maximum Gasteiger partial charge on any atom is 0.407 e. The summed E-state index contributed by atoms with van der Waals surface area (Å²) in [5, 5.41) is 12.2. The molecule has 1 aliphatic rings. The number of anilines is 1. The lowest BCUT2D eigenvalue weighted by atomic mass is 9.98. The molecule has 1 amide bonds. The number of carbonyl (C=O) groups excluding carboxylic acids is 1. The number of hydrogen-bond donors (Lipinski definition) is 1. The smallest absolute Gasteiger partial charge is 0.407 e. The number of nitrogens with one attached hydrogen (secondary N) is 1. The van der Waals surface area contributed by atoms with Gasteiger partial charge in [-0.15, -0.1) is 0 Å². The van der Waals surface area contributed by atoms with Crippen LogP contribution in [0.4, 0.5) is 10.7 Å². The van der Waals surface area contributed by atoms with Gasteiger partial charge in [0.2, 0.25) is 5.95 Å². The lowest BCUT2D eigenvalue weighted by molar-refractivity contribution is 0.0497. The normalized spacial score (nSPS) is 14.2. The number of carbonyl (C=O) groups is 1. The van der Waals surface area contributed by atoms with E-state index in [0.717, 1.165) is 16.7 Å². The van der Waals surface area contributed by atoms with Gasteiger partial charge < -0.3 is 15.0 Å². The van der Waals surface area contributed by atoms with Gasteiger partial charge in [-0.1, -0.05) is 42.0 Å². The summed E-state index contributed by atoms with van der Waals surface area (Å²) in [6.45, 7) is 8.80. The predicted octanol–water partition coefficient (Wildman–Crippen LogP) is 4.79. The number of piperidine rings is 1. The number of hydrogen-bond acceptors (Lipinski definition) is 6. The summed E-state index contributed by atoms with van der Waals surface area (Å²) in [4.78, 5) is 33.0. The second-order valence-electron chi connectivity index (χ2n) is 10.5. The Morgan fingerprint density at radius 1 is 1.05 bits per heavy atom. The van der Waals surface area contributed by atoms with E-state index in [1.165, 1.54) is 0 Å². The summed E-state index contributed by atoms with van der Waals surface area (Å²) >= 11 is 0. The highest BCUT2D eigenvalue weighted by Crippen LogP contribution is 2.31. The van der Waals surface area contributed by atoms with Crippen LogP contribution in [0, 0.1) is 18.3 Å². The molecule has 0 spiro atoms. The number of benzene rings is 2. The third-order valence-corrected chi connectivity index (χ3v) is 6.39. The average Bonchev–Trinajstić information content (AvgIpc) is 2.86. The van der Waals surface area contributed by atoms with Crippen LogP contribution in [-0.2, 0) is 11.8 Å². The Bertz CT molecular complexity index is 1370. The zero-order chi connectivity index (χ0) is 26.7. The van der Waals surface area contributed by atoms with Gasteiger partial charge in [-0.2, -0.15) is 5.26 Å². The Hall–Kier alpha value is -4.12. The van der Waals surface area contributed by atoms with E-state index < -0.39 is 11.7 Å². The van der Waals surface area contributed by atoms with Crippen LogP contribution in [0.25, 0.3) is 22.4 Å². The third-order valence-electron chi connectivity index (χ3n) is 6.39. The molecule has 0 radical (unpaired) electrons. The lowest BCUT2D eigenvalue weighted by Crippen LogP contribution is -2.47. The van der Waals surface area contributed by atoms with Crippen molar-refractivity contribution in [2.24, 2.45) is 7.05 Å². The minimum absolute atomic E-state index is 0.00652. The number of aromatic nitrogens is 2. The van der Waals surface area contributed by atoms with Gasteiger partial charge in [0, 0.05) is 31.7 Å². The van der Waals surface area contributed by atoms with E-state index in [4.69, 9.17) is 9.72 Å².